The van der Waals surface area contributed by atoms with Gasteiger partial charge in [-0.2, -0.15) is 0 Å². The van der Waals surface area contributed by atoms with Gasteiger partial charge in [0.25, 0.3) is 5.91 Å². The Morgan fingerprint density at radius 3 is 2.73 bits per heavy atom. The average Bonchev–Trinajstić information content (AvgIpc) is 3.51. The summed E-state index contributed by atoms with van der Waals surface area (Å²) in [4.78, 5) is 46.6. The molecule has 4 aromatic rings. The van der Waals surface area contributed by atoms with E-state index in [2.05, 4.69) is 18.5 Å². The highest BCUT2D eigenvalue weighted by atomic mass is 32.1. The highest BCUT2D eigenvalue weighted by Gasteiger charge is 2.45. The van der Waals surface area contributed by atoms with Crippen LogP contribution in [0.25, 0.3) is 11.0 Å². The summed E-state index contributed by atoms with van der Waals surface area (Å²) < 4.78 is 22.8. The Kier molecular flexibility index (Phi) is 8.21. The second kappa shape index (κ2) is 12.0. The summed E-state index contributed by atoms with van der Waals surface area (Å²) in [5, 5.41) is 0.592. The van der Waals surface area contributed by atoms with Crippen molar-refractivity contribution in [1.82, 2.24) is 4.98 Å². The maximum absolute atomic E-state index is 13.9. The Balaban J connectivity index is 1.64. The molecule has 0 N–H and O–H groups in total. The number of aryl methyl sites for hydroxylation is 1. The van der Waals surface area contributed by atoms with Crippen molar-refractivity contribution in [1.29, 1.82) is 0 Å². The van der Waals surface area contributed by atoms with Gasteiger partial charge in [-0.1, -0.05) is 62.0 Å². The fourth-order valence-corrected chi connectivity index (χ4v) is 5.80. The lowest BCUT2D eigenvalue weighted by atomic mass is 9.98. The SMILES string of the molecule is C=CCOC(=O)c1sc(N2C(=O)c3oc4ccccc4c(=O)c3C2c2ccc(OCCCCC)c(OC)c2)nc1C. The number of unbranched alkanes of at least 4 members (excludes halogenated alkanes) is 2. The smallest absolute Gasteiger partial charge is 0.350 e. The third-order valence-electron chi connectivity index (χ3n) is 6.80. The van der Waals surface area contributed by atoms with Gasteiger partial charge in [-0.3, -0.25) is 14.5 Å². The van der Waals surface area contributed by atoms with Gasteiger partial charge in [0.2, 0.25) is 5.76 Å². The molecule has 0 saturated carbocycles. The van der Waals surface area contributed by atoms with Crippen LogP contribution in [0.1, 0.15) is 69.3 Å². The van der Waals surface area contributed by atoms with Gasteiger partial charge in [0.15, 0.2) is 22.1 Å². The first-order valence-corrected chi connectivity index (χ1v) is 14.2. The standard InChI is InChI=1S/C31H30N2O7S/c1-5-7-10-16-38-22-14-13-19(17-23(22)37-4)25-24-26(34)20-11-8-9-12-21(20)40-27(24)29(35)33(25)31-32-18(3)28(41-31)30(36)39-15-6-2/h6,8-9,11-14,17,25H,2,5,7,10,15-16H2,1,3-4H3. The Morgan fingerprint density at radius 2 is 1.98 bits per heavy atom. The molecule has 1 unspecified atom stereocenters. The van der Waals surface area contributed by atoms with Crippen LogP contribution in [-0.2, 0) is 4.74 Å². The molecule has 0 spiro atoms. The van der Waals surface area contributed by atoms with Crippen LogP contribution in [0.15, 0.2) is 64.3 Å². The number of anilines is 1. The molecule has 0 radical (unpaired) electrons. The zero-order chi connectivity index (χ0) is 29.1. The number of thiazole rings is 1. The quantitative estimate of drug-likeness (QED) is 0.118. The summed E-state index contributed by atoms with van der Waals surface area (Å²) in [6, 6.07) is 11.2. The van der Waals surface area contributed by atoms with Crippen molar-refractivity contribution in [2.24, 2.45) is 0 Å². The highest BCUT2D eigenvalue weighted by Crippen LogP contribution is 2.44. The molecule has 9 nitrogen and oxygen atoms in total. The lowest BCUT2D eigenvalue weighted by molar-refractivity contribution is 0.0554. The Morgan fingerprint density at radius 1 is 1.17 bits per heavy atom. The van der Waals surface area contributed by atoms with Crippen LogP contribution in [0.3, 0.4) is 0 Å². The molecule has 2 aromatic heterocycles. The van der Waals surface area contributed by atoms with E-state index in [1.54, 1.807) is 49.4 Å². The van der Waals surface area contributed by atoms with Gasteiger partial charge in [0.1, 0.15) is 17.1 Å². The molecule has 0 aliphatic carbocycles. The van der Waals surface area contributed by atoms with E-state index in [-0.39, 0.29) is 33.4 Å². The molecule has 3 heterocycles. The number of fused-ring (bicyclic) bond motifs is 2. The molecule has 0 bridgehead atoms. The van der Waals surface area contributed by atoms with Gasteiger partial charge in [0.05, 0.1) is 36.4 Å². The number of para-hydroxylation sites is 1. The predicted molar refractivity (Wildman–Crippen MR) is 156 cm³/mol. The van der Waals surface area contributed by atoms with Crippen LogP contribution in [0, 0.1) is 6.92 Å². The number of aromatic nitrogens is 1. The van der Waals surface area contributed by atoms with Crippen LogP contribution in [0.4, 0.5) is 5.13 Å². The maximum Gasteiger partial charge on any atom is 0.350 e. The molecule has 212 valence electrons. The molecule has 10 heteroatoms. The highest BCUT2D eigenvalue weighted by molar-refractivity contribution is 7.17. The van der Waals surface area contributed by atoms with Crippen molar-refractivity contribution < 1.29 is 28.2 Å². The number of nitrogens with zero attached hydrogens (tertiary/aromatic N) is 2. The minimum Gasteiger partial charge on any atom is -0.493 e. The molecular weight excluding hydrogens is 544 g/mol. The van der Waals surface area contributed by atoms with Crippen LogP contribution in [0.5, 0.6) is 11.5 Å². The molecule has 0 fully saturated rings. The van der Waals surface area contributed by atoms with Crippen molar-refractivity contribution >= 4 is 39.3 Å². The summed E-state index contributed by atoms with van der Waals surface area (Å²) in [6.45, 7) is 7.94. The van der Waals surface area contributed by atoms with E-state index in [9.17, 15) is 14.4 Å². The number of amides is 1. The van der Waals surface area contributed by atoms with Gasteiger partial charge >= 0.3 is 5.97 Å². The number of carbonyl (C=O) groups excluding carboxylic acids is 2. The fraction of sp³-hybridized carbons (Fsp3) is 0.290. The van der Waals surface area contributed by atoms with Crippen molar-refractivity contribution in [2.75, 3.05) is 25.2 Å². The summed E-state index contributed by atoms with van der Waals surface area (Å²) >= 11 is 1.01. The predicted octanol–water partition coefficient (Wildman–Crippen LogP) is 6.23. The fourth-order valence-electron chi connectivity index (χ4n) is 4.81. The van der Waals surface area contributed by atoms with Crippen molar-refractivity contribution in [2.45, 2.75) is 39.2 Å². The van der Waals surface area contributed by atoms with Crippen molar-refractivity contribution in [3.05, 3.63) is 92.8 Å². The maximum atomic E-state index is 13.9. The van der Waals surface area contributed by atoms with E-state index in [4.69, 9.17) is 18.6 Å². The number of methoxy groups -OCH3 is 1. The van der Waals surface area contributed by atoms with E-state index in [0.717, 1.165) is 30.6 Å². The van der Waals surface area contributed by atoms with Gasteiger partial charge < -0.3 is 18.6 Å². The Hall–Kier alpha value is -4.44. The second-order valence-corrected chi connectivity index (χ2v) is 10.5. The first-order chi connectivity index (χ1) is 19.9. The summed E-state index contributed by atoms with van der Waals surface area (Å²) in [6.07, 6.45) is 4.51. The molecule has 5 rings (SSSR count). The second-order valence-electron chi connectivity index (χ2n) is 9.51. The first kappa shape index (κ1) is 28.1. The van der Waals surface area contributed by atoms with E-state index >= 15 is 0 Å². The molecule has 1 atom stereocenters. The normalized spacial score (nSPS) is 14.3. The zero-order valence-corrected chi connectivity index (χ0v) is 23.9. The summed E-state index contributed by atoms with van der Waals surface area (Å²) in [7, 11) is 1.54. The lowest BCUT2D eigenvalue weighted by Crippen LogP contribution is -2.29. The van der Waals surface area contributed by atoms with Crippen molar-refractivity contribution in [3.8, 4) is 11.5 Å². The number of ether oxygens (including phenoxy) is 3. The molecule has 2 aromatic carbocycles. The first-order valence-electron chi connectivity index (χ1n) is 13.3. The summed E-state index contributed by atoms with van der Waals surface area (Å²) in [5.41, 5.74) is 1.18. The number of hydrogen-bond acceptors (Lipinski definition) is 9. The van der Waals surface area contributed by atoms with E-state index in [1.165, 1.54) is 18.1 Å². The third-order valence-corrected chi connectivity index (χ3v) is 7.93. The lowest BCUT2D eigenvalue weighted by Gasteiger charge is -2.23. The molecular formula is C31H30N2O7S. The number of carbonyl (C=O) groups is 2. The Bertz CT molecular complexity index is 1690. The summed E-state index contributed by atoms with van der Waals surface area (Å²) in [5.74, 6) is -0.147. The van der Waals surface area contributed by atoms with Crippen LogP contribution < -0.4 is 19.8 Å². The van der Waals surface area contributed by atoms with Gasteiger partial charge in [-0.05, 0) is 43.2 Å². The van der Waals surface area contributed by atoms with E-state index < -0.39 is 17.9 Å². The monoisotopic (exact) mass is 574 g/mol. The molecule has 1 aliphatic rings. The van der Waals surface area contributed by atoms with Gasteiger partial charge in [-0.15, -0.1) is 0 Å². The largest absolute Gasteiger partial charge is 0.493 e. The van der Waals surface area contributed by atoms with Crippen LogP contribution >= 0.6 is 11.3 Å². The topological polar surface area (TPSA) is 108 Å². The van der Waals surface area contributed by atoms with Gasteiger partial charge in [-0.25, -0.2) is 9.78 Å². The molecule has 0 saturated heterocycles. The third kappa shape index (κ3) is 5.22. The number of esters is 1. The van der Waals surface area contributed by atoms with Crippen molar-refractivity contribution in [3.63, 3.8) is 0 Å². The number of hydrogen-bond donors (Lipinski definition) is 0. The molecule has 1 amide bonds. The van der Waals surface area contributed by atoms with E-state index in [1.807, 2.05) is 0 Å². The van der Waals surface area contributed by atoms with Gasteiger partial charge in [0, 0.05) is 0 Å². The van der Waals surface area contributed by atoms with Crippen LogP contribution in [0.2, 0.25) is 0 Å². The minimum atomic E-state index is -0.885. The van der Waals surface area contributed by atoms with E-state index in [0.29, 0.717) is 40.3 Å². The molecule has 41 heavy (non-hydrogen) atoms. The number of rotatable bonds is 11. The van der Waals surface area contributed by atoms with Crippen LogP contribution in [-0.4, -0.2) is 37.2 Å². The molecule has 1 aliphatic heterocycles. The average molecular weight is 575 g/mol. The minimum absolute atomic E-state index is 0.0416. The number of benzene rings is 2. The zero-order valence-electron chi connectivity index (χ0n) is 23.1. The Labute approximate surface area is 241 Å².